The SMILES string of the molecule is COc1ccccc1N1CCN(CCC(O)c2cccc3c(=O)c(C)c(-c4ccccc4)oc23)CC1.Cl. The maximum Gasteiger partial charge on any atom is 0.196 e. The fourth-order valence-electron chi connectivity index (χ4n) is 5.02. The van der Waals surface area contributed by atoms with Crippen molar-refractivity contribution in [3.8, 4) is 17.1 Å². The first-order valence-corrected chi connectivity index (χ1v) is 12.5. The molecule has 194 valence electrons. The Hall–Kier alpha value is -3.32. The number of aliphatic hydroxyl groups excluding tert-OH is 1. The van der Waals surface area contributed by atoms with Crippen LogP contribution >= 0.6 is 12.4 Å². The van der Waals surface area contributed by atoms with E-state index in [9.17, 15) is 9.90 Å². The molecule has 5 rings (SSSR count). The second-order valence-electron chi connectivity index (χ2n) is 9.28. The lowest BCUT2D eigenvalue weighted by atomic mass is 10.0. The average Bonchev–Trinajstić information content (AvgIpc) is 2.94. The predicted octanol–water partition coefficient (Wildman–Crippen LogP) is 5.44. The van der Waals surface area contributed by atoms with Crippen LogP contribution in [0.1, 0.15) is 23.7 Å². The number of anilines is 1. The Labute approximate surface area is 223 Å². The number of halogens is 1. The maximum absolute atomic E-state index is 13.1. The summed E-state index contributed by atoms with van der Waals surface area (Å²) in [4.78, 5) is 17.8. The molecule has 1 aliphatic heterocycles. The van der Waals surface area contributed by atoms with Crippen molar-refractivity contribution in [1.29, 1.82) is 0 Å². The molecule has 1 aliphatic rings. The summed E-state index contributed by atoms with van der Waals surface area (Å²) in [5, 5.41) is 11.7. The number of piperazine rings is 1. The highest BCUT2D eigenvalue weighted by Gasteiger charge is 2.22. The first kappa shape index (κ1) is 26.7. The third-order valence-electron chi connectivity index (χ3n) is 7.09. The Morgan fingerprint density at radius 2 is 1.65 bits per heavy atom. The van der Waals surface area contributed by atoms with E-state index in [1.165, 1.54) is 0 Å². The second kappa shape index (κ2) is 11.8. The summed E-state index contributed by atoms with van der Waals surface area (Å²) in [6.07, 6.45) is -0.165. The molecule has 37 heavy (non-hydrogen) atoms. The lowest BCUT2D eigenvalue weighted by Crippen LogP contribution is -2.46. The number of hydrogen-bond donors (Lipinski definition) is 1. The average molecular weight is 521 g/mol. The van der Waals surface area contributed by atoms with Crippen LogP contribution in [0.2, 0.25) is 0 Å². The highest BCUT2D eigenvalue weighted by molar-refractivity contribution is 5.85. The summed E-state index contributed by atoms with van der Waals surface area (Å²) in [5.41, 5.74) is 3.63. The summed E-state index contributed by atoms with van der Waals surface area (Å²) in [7, 11) is 1.70. The van der Waals surface area contributed by atoms with Crippen LogP contribution in [-0.4, -0.2) is 49.8 Å². The highest BCUT2D eigenvalue weighted by atomic mass is 35.5. The molecular formula is C30H33ClN2O4. The van der Waals surface area contributed by atoms with Gasteiger partial charge in [-0.1, -0.05) is 54.6 Å². The topological polar surface area (TPSA) is 66.2 Å². The van der Waals surface area contributed by atoms with E-state index in [1.807, 2.05) is 60.7 Å². The zero-order chi connectivity index (χ0) is 25.1. The van der Waals surface area contributed by atoms with Crippen molar-refractivity contribution in [2.24, 2.45) is 0 Å². The molecule has 2 heterocycles. The number of ether oxygens (including phenoxy) is 1. The Kier molecular flexibility index (Phi) is 8.54. The normalized spacial score (nSPS) is 14.8. The number of para-hydroxylation sites is 3. The van der Waals surface area contributed by atoms with Gasteiger partial charge in [-0.3, -0.25) is 9.69 Å². The largest absolute Gasteiger partial charge is 0.495 e. The molecule has 3 aromatic carbocycles. The fourth-order valence-corrected chi connectivity index (χ4v) is 5.02. The van der Waals surface area contributed by atoms with Crippen LogP contribution < -0.4 is 15.1 Å². The van der Waals surface area contributed by atoms with Crippen LogP contribution in [0.3, 0.4) is 0 Å². The molecule has 1 N–H and O–H groups in total. The van der Waals surface area contributed by atoms with E-state index in [-0.39, 0.29) is 17.8 Å². The smallest absolute Gasteiger partial charge is 0.196 e. The van der Waals surface area contributed by atoms with Crippen molar-refractivity contribution < 1.29 is 14.3 Å². The van der Waals surface area contributed by atoms with Crippen molar-refractivity contribution in [3.05, 3.63) is 94.1 Å². The molecule has 4 aromatic rings. The Balaban J connectivity index is 0.00000320. The summed E-state index contributed by atoms with van der Waals surface area (Å²) < 4.78 is 11.8. The summed E-state index contributed by atoms with van der Waals surface area (Å²) in [6.45, 7) is 6.18. The lowest BCUT2D eigenvalue weighted by molar-refractivity contribution is 0.139. The maximum atomic E-state index is 13.1. The zero-order valence-corrected chi connectivity index (χ0v) is 22.0. The third-order valence-corrected chi connectivity index (χ3v) is 7.09. The van der Waals surface area contributed by atoms with E-state index in [1.54, 1.807) is 20.1 Å². The fraction of sp³-hybridized carbons (Fsp3) is 0.300. The lowest BCUT2D eigenvalue weighted by Gasteiger charge is -2.36. The molecule has 6 nitrogen and oxygen atoms in total. The van der Waals surface area contributed by atoms with E-state index in [0.717, 1.165) is 49.7 Å². The van der Waals surface area contributed by atoms with E-state index in [4.69, 9.17) is 9.15 Å². The summed E-state index contributed by atoms with van der Waals surface area (Å²) in [6, 6.07) is 23.2. The van der Waals surface area contributed by atoms with Crippen molar-refractivity contribution in [1.82, 2.24) is 4.90 Å². The first-order valence-electron chi connectivity index (χ1n) is 12.5. The van der Waals surface area contributed by atoms with Crippen LogP contribution in [0.15, 0.2) is 82.0 Å². The minimum Gasteiger partial charge on any atom is -0.495 e. The second-order valence-corrected chi connectivity index (χ2v) is 9.28. The van der Waals surface area contributed by atoms with Gasteiger partial charge in [0, 0.05) is 49.4 Å². The van der Waals surface area contributed by atoms with Gasteiger partial charge in [0.1, 0.15) is 17.1 Å². The van der Waals surface area contributed by atoms with Crippen LogP contribution in [-0.2, 0) is 0 Å². The summed E-state index contributed by atoms with van der Waals surface area (Å²) in [5.74, 6) is 1.45. The first-order chi connectivity index (χ1) is 17.6. The molecule has 0 spiro atoms. The van der Waals surface area contributed by atoms with Gasteiger partial charge in [0.25, 0.3) is 0 Å². The monoisotopic (exact) mass is 520 g/mol. The minimum atomic E-state index is -0.726. The standard InChI is InChI=1S/C30H32N2O4.ClH/c1-21-28(34)24-12-8-11-23(30(24)36-29(21)22-9-4-3-5-10-22)26(33)15-16-31-17-19-32(20-18-31)25-13-6-7-14-27(25)35-2;/h3-14,26,33H,15-20H2,1-2H3;1H. The number of nitrogens with zero attached hydrogens (tertiary/aromatic N) is 2. The number of fused-ring (bicyclic) bond motifs is 1. The van der Waals surface area contributed by atoms with E-state index < -0.39 is 6.10 Å². The zero-order valence-electron chi connectivity index (χ0n) is 21.2. The van der Waals surface area contributed by atoms with Gasteiger partial charge in [0.05, 0.1) is 24.3 Å². The van der Waals surface area contributed by atoms with Gasteiger partial charge in [0.2, 0.25) is 0 Å². The molecule has 1 saturated heterocycles. The molecule has 0 radical (unpaired) electrons. The third kappa shape index (κ3) is 5.52. The van der Waals surface area contributed by atoms with E-state index in [0.29, 0.717) is 34.3 Å². The summed E-state index contributed by atoms with van der Waals surface area (Å²) >= 11 is 0. The van der Waals surface area contributed by atoms with Crippen molar-refractivity contribution in [2.75, 3.05) is 44.7 Å². The van der Waals surface area contributed by atoms with E-state index in [2.05, 4.69) is 15.9 Å². The van der Waals surface area contributed by atoms with Crippen LogP contribution in [0.4, 0.5) is 5.69 Å². The number of benzene rings is 3. The number of rotatable bonds is 7. The molecule has 0 amide bonds. The van der Waals surface area contributed by atoms with Crippen molar-refractivity contribution >= 4 is 29.1 Å². The Bertz CT molecular complexity index is 1400. The van der Waals surface area contributed by atoms with Crippen molar-refractivity contribution in [3.63, 3.8) is 0 Å². The molecule has 7 heteroatoms. The molecule has 1 unspecified atom stereocenters. The van der Waals surface area contributed by atoms with Crippen molar-refractivity contribution in [2.45, 2.75) is 19.4 Å². The van der Waals surface area contributed by atoms with Gasteiger partial charge in [-0.2, -0.15) is 0 Å². The molecule has 1 fully saturated rings. The number of hydrogen-bond acceptors (Lipinski definition) is 6. The van der Waals surface area contributed by atoms with Crippen LogP contribution in [0, 0.1) is 6.92 Å². The molecule has 0 bridgehead atoms. The van der Waals surface area contributed by atoms with Gasteiger partial charge in [0.15, 0.2) is 5.43 Å². The van der Waals surface area contributed by atoms with Gasteiger partial charge in [-0.05, 0) is 31.5 Å². The van der Waals surface area contributed by atoms with E-state index >= 15 is 0 Å². The van der Waals surface area contributed by atoms with Gasteiger partial charge >= 0.3 is 0 Å². The molecule has 1 atom stereocenters. The molecular weight excluding hydrogens is 488 g/mol. The van der Waals surface area contributed by atoms with Gasteiger partial charge < -0.3 is 19.2 Å². The number of aliphatic hydroxyl groups is 1. The Morgan fingerprint density at radius 1 is 0.946 bits per heavy atom. The predicted molar refractivity (Wildman–Crippen MR) is 151 cm³/mol. The molecule has 1 aromatic heterocycles. The molecule has 0 aliphatic carbocycles. The van der Waals surface area contributed by atoms with Crippen LogP contribution in [0.5, 0.6) is 5.75 Å². The highest BCUT2D eigenvalue weighted by Crippen LogP contribution is 2.31. The van der Waals surface area contributed by atoms with Crippen LogP contribution in [0.25, 0.3) is 22.3 Å². The quantitative estimate of drug-likeness (QED) is 0.350. The number of methoxy groups -OCH3 is 1. The molecule has 0 saturated carbocycles. The minimum absolute atomic E-state index is 0. The Morgan fingerprint density at radius 3 is 2.38 bits per heavy atom. The van der Waals surface area contributed by atoms with Gasteiger partial charge in [-0.15, -0.1) is 12.4 Å². The van der Waals surface area contributed by atoms with Gasteiger partial charge in [-0.25, -0.2) is 0 Å².